The Hall–Kier alpha value is -5.03. The molecule has 180 valence electrons. The number of H-pyrrole nitrogens is 2. The second-order valence-electron chi connectivity index (χ2n) is 8.60. The summed E-state index contributed by atoms with van der Waals surface area (Å²) < 4.78 is 0. The van der Waals surface area contributed by atoms with Crippen molar-refractivity contribution >= 4 is 61.9 Å². The number of aromatic nitrogens is 5. The number of rotatable bonds is 4. The minimum absolute atomic E-state index is 0.247. The molecule has 7 rings (SSSR count). The molecule has 6 aromatic rings. The maximum absolute atomic E-state index is 12.7. The monoisotopic (exact) mass is 505 g/mol. The number of anilines is 3. The second-order valence-corrected chi connectivity index (χ2v) is 9.52. The zero-order chi connectivity index (χ0) is 24.8. The van der Waals surface area contributed by atoms with Gasteiger partial charge in [-0.2, -0.15) is 15.3 Å². The number of amidine groups is 1. The molecule has 1 amide bonds. The van der Waals surface area contributed by atoms with Crippen molar-refractivity contribution in [3.63, 3.8) is 0 Å². The molecule has 0 bridgehead atoms. The van der Waals surface area contributed by atoms with Crippen LogP contribution < -0.4 is 16.0 Å². The summed E-state index contributed by atoms with van der Waals surface area (Å²) >= 11 is 1.63. The van der Waals surface area contributed by atoms with Crippen LogP contribution in [-0.2, 0) is 0 Å². The van der Waals surface area contributed by atoms with E-state index in [9.17, 15) is 4.79 Å². The highest BCUT2D eigenvalue weighted by molar-refractivity contribution is 7.13. The van der Waals surface area contributed by atoms with Crippen LogP contribution in [0.3, 0.4) is 0 Å². The van der Waals surface area contributed by atoms with E-state index in [2.05, 4.69) is 47.4 Å². The second kappa shape index (κ2) is 8.57. The molecule has 10 nitrogen and oxygen atoms in total. The van der Waals surface area contributed by atoms with Gasteiger partial charge in [-0.25, -0.2) is 4.99 Å². The van der Waals surface area contributed by atoms with Gasteiger partial charge in [-0.1, -0.05) is 12.1 Å². The van der Waals surface area contributed by atoms with Gasteiger partial charge in [0, 0.05) is 22.0 Å². The number of nitrogens with zero attached hydrogens (tertiary/aromatic N) is 4. The predicted octanol–water partition coefficient (Wildman–Crippen LogP) is 5.13. The van der Waals surface area contributed by atoms with Crippen molar-refractivity contribution in [2.45, 2.75) is 6.17 Å². The average molecular weight is 506 g/mol. The van der Waals surface area contributed by atoms with E-state index >= 15 is 0 Å². The summed E-state index contributed by atoms with van der Waals surface area (Å²) in [5.74, 6) is 0.553. The van der Waals surface area contributed by atoms with Crippen LogP contribution >= 0.6 is 11.3 Å². The lowest BCUT2D eigenvalue weighted by Crippen LogP contribution is -2.23. The minimum atomic E-state index is -0.296. The van der Waals surface area contributed by atoms with Gasteiger partial charge in [0.25, 0.3) is 5.91 Å². The van der Waals surface area contributed by atoms with Gasteiger partial charge in [0.1, 0.15) is 17.7 Å². The summed E-state index contributed by atoms with van der Waals surface area (Å²) in [4.78, 5) is 22.0. The van der Waals surface area contributed by atoms with E-state index in [1.807, 2.05) is 47.8 Å². The highest BCUT2D eigenvalue weighted by Crippen LogP contribution is 2.35. The SMILES string of the molecule is O=C(Nc1ccnnc1)c1cc2ccc(C3N=C(Nc4ccc5[nH]ncc5c4)c4sccc4N3)cc2[nH]1. The van der Waals surface area contributed by atoms with Gasteiger partial charge in [0.05, 0.1) is 40.4 Å². The van der Waals surface area contributed by atoms with Crippen LogP contribution in [0.1, 0.15) is 27.1 Å². The first kappa shape index (κ1) is 21.3. The van der Waals surface area contributed by atoms with Gasteiger partial charge in [0.2, 0.25) is 0 Å². The first-order valence-corrected chi connectivity index (χ1v) is 12.4. The molecule has 1 unspecified atom stereocenters. The van der Waals surface area contributed by atoms with Crippen LogP contribution in [0.2, 0.25) is 0 Å². The molecule has 0 fully saturated rings. The van der Waals surface area contributed by atoms with Crippen LogP contribution in [0, 0.1) is 0 Å². The minimum Gasteiger partial charge on any atom is -0.359 e. The molecule has 2 aromatic carbocycles. The van der Waals surface area contributed by atoms with Crippen LogP contribution in [-0.4, -0.2) is 37.1 Å². The molecule has 1 atom stereocenters. The molecule has 5 heterocycles. The number of amides is 1. The molecule has 0 saturated carbocycles. The van der Waals surface area contributed by atoms with Crippen LogP contribution in [0.5, 0.6) is 0 Å². The smallest absolute Gasteiger partial charge is 0.272 e. The van der Waals surface area contributed by atoms with Gasteiger partial charge in [-0.3, -0.25) is 9.89 Å². The number of nitrogens with one attached hydrogen (secondary N) is 5. The van der Waals surface area contributed by atoms with Gasteiger partial charge in [-0.15, -0.1) is 11.3 Å². The highest BCUT2D eigenvalue weighted by Gasteiger charge is 2.23. The van der Waals surface area contributed by atoms with Crippen LogP contribution in [0.15, 0.2) is 83.6 Å². The highest BCUT2D eigenvalue weighted by atomic mass is 32.1. The number of fused-ring (bicyclic) bond motifs is 3. The van der Waals surface area contributed by atoms with Crippen LogP contribution in [0.25, 0.3) is 21.8 Å². The van der Waals surface area contributed by atoms with E-state index < -0.39 is 0 Å². The molecule has 11 heteroatoms. The number of aromatic amines is 2. The fraction of sp³-hybridized carbons (Fsp3) is 0.0385. The van der Waals surface area contributed by atoms with Gasteiger partial charge in [0.15, 0.2) is 0 Å². The van der Waals surface area contributed by atoms with Crippen molar-refractivity contribution in [2.75, 3.05) is 16.0 Å². The Morgan fingerprint density at radius 3 is 2.81 bits per heavy atom. The summed E-state index contributed by atoms with van der Waals surface area (Å²) in [6.45, 7) is 0. The molecule has 0 saturated heterocycles. The van der Waals surface area contributed by atoms with Gasteiger partial charge in [-0.05, 0) is 53.4 Å². The number of hydrogen-bond acceptors (Lipinski definition) is 8. The Balaban J connectivity index is 1.18. The zero-order valence-electron chi connectivity index (χ0n) is 19.2. The lowest BCUT2D eigenvalue weighted by Gasteiger charge is -2.24. The Morgan fingerprint density at radius 1 is 0.919 bits per heavy atom. The quantitative estimate of drug-likeness (QED) is 0.225. The molecule has 1 aliphatic rings. The average Bonchev–Trinajstić information content (AvgIpc) is 3.67. The molecule has 0 radical (unpaired) electrons. The van der Waals surface area contributed by atoms with E-state index in [4.69, 9.17) is 4.99 Å². The summed E-state index contributed by atoms with van der Waals surface area (Å²) in [6.07, 6.45) is 4.54. The number of carbonyl (C=O) groups excluding carboxylic acids is 1. The molecule has 5 N–H and O–H groups in total. The molecular weight excluding hydrogens is 486 g/mol. The van der Waals surface area contributed by atoms with E-state index in [1.165, 1.54) is 12.4 Å². The normalized spacial score (nSPS) is 14.7. The van der Waals surface area contributed by atoms with Gasteiger partial charge >= 0.3 is 0 Å². The van der Waals surface area contributed by atoms with E-state index in [0.29, 0.717) is 11.4 Å². The third kappa shape index (κ3) is 3.96. The van der Waals surface area contributed by atoms with E-state index in [0.717, 1.165) is 49.5 Å². The fourth-order valence-corrected chi connectivity index (χ4v) is 5.19. The van der Waals surface area contributed by atoms with Crippen molar-refractivity contribution in [1.29, 1.82) is 0 Å². The van der Waals surface area contributed by atoms with Crippen molar-refractivity contribution in [1.82, 2.24) is 25.4 Å². The fourth-order valence-electron chi connectivity index (χ4n) is 4.38. The number of thiophene rings is 1. The number of carbonyl (C=O) groups is 1. The lowest BCUT2D eigenvalue weighted by atomic mass is 10.1. The Bertz CT molecular complexity index is 1800. The summed E-state index contributed by atoms with van der Waals surface area (Å²) in [7, 11) is 0. The predicted molar refractivity (Wildman–Crippen MR) is 145 cm³/mol. The largest absolute Gasteiger partial charge is 0.359 e. The Labute approximate surface area is 213 Å². The topological polar surface area (TPSA) is 136 Å². The summed E-state index contributed by atoms with van der Waals surface area (Å²) in [5.41, 5.74) is 5.81. The van der Waals surface area contributed by atoms with E-state index in [-0.39, 0.29) is 12.1 Å². The van der Waals surface area contributed by atoms with Crippen LogP contribution in [0.4, 0.5) is 17.1 Å². The van der Waals surface area contributed by atoms with Crippen molar-refractivity contribution in [3.8, 4) is 0 Å². The number of benzene rings is 2. The van der Waals surface area contributed by atoms with Gasteiger partial charge < -0.3 is 20.9 Å². The zero-order valence-corrected chi connectivity index (χ0v) is 20.0. The maximum Gasteiger partial charge on any atom is 0.272 e. The standard InChI is InChI=1S/C26H19N9OS/c36-26(31-18-5-7-27-28-13-18)22-10-14-1-2-15(11-21(14)32-22)24-33-20-6-8-37-23(20)25(34-24)30-17-3-4-19-16(9-17)12-29-35-19/h1-13,24,32-33H,(H,29,35)(H,30,34)(H,27,31,36). The molecular formula is C26H19N9OS. The maximum atomic E-state index is 12.7. The van der Waals surface area contributed by atoms with Crippen molar-refractivity contribution in [3.05, 3.63) is 94.7 Å². The van der Waals surface area contributed by atoms with Crippen molar-refractivity contribution < 1.29 is 4.79 Å². The third-order valence-corrected chi connectivity index (χ3v) is 7.10. The number of hydrogen-bond donors (Lipinski definition) is 5. The first-order valence-electron chi connectivity index (χ1n) is 11.5. The first-order chi connectivity index (χ1) is 18.2. The number of aliphatic imine (C=N–C) groups is 1. The summed E-state index contributed by atoms with van der Waals surface area (Å²) in [5, 5.41) is 28.5. The lowest BCUT2D eigenvalue weighted by molar-refractivity contribution is 0.102. The molecule has 0 spiro atoms. The van der Waals surface area contributed by atoms with Crippen molar-refractivity contribution in [2.24, 2.45) is 4.99 Å². The molecule has 37 heavy (non-hydrogen) atoms. The molecule has 4 aromatic heterocycles. The molecule has 0 aliphatic carbocycles. The Morgan fingerprint density at radius 2 is 1.89 bits per heavy atom. The van der Waals surface area contributed by atoms with E-state index in [1.54, 1.807) is 23.6 Å². The Kier molecular flexibility index (Phi) is 4.93. The molecule has 1 aliphatic heterocycles. The third-order valence-electron chi connectivity index (χ3n) is 6.18. The summed E-state index contributed by atoms with van der Waals surface area (Å²) in [6, 6.07) is 17.7.